The van der Waals surface area contributed by atoms with Crippen LogP contribution in [-0.4, -0.2) is 13.2 Å². The lowest BCUT2D eigenvalue weighted by Gasteiger charge is -2.28. The van der Waals surface area contributed by atoms with Crippen molar-refractivity contribution in [3.63, 3.8) is 0 Å². The van der Waals surface area contributed by atoms with E-state index in [-0.39, 0.29) is 5.82 Å². The fraction of sp³-hybridized carbons (Fsp3) is 0.400. The van der Waals surface area contributed by atoms with Crippen molar-refractivity contribution in [2.24, 2.45) is 0 Å². The van der Waals surface area contributed by atoms with E-state index in [1.807, 2.05) is 19.2 Å². The molecule has 4 rings (SSSR count). The average molecular weight is 431 g/mol. The zero-order valence-corrected chi connectivity index (χ0v) is 19.4. The van der Waals surface area contributed by atoms with E-state index < -0.39 is 0 Å². The van der Waals surface area contributed by atoms with Crippen LogP contribution < -0.4 is 0 Å². The first-order valence-electron chi connectivity index (χ1n) is 12.2. The maximum atomic E-state index is 15.0. The molecule has 0 bridgehead atoms. The van der Waals surface area contributed by atoms with Crippen molar-refractivity contribution in [3.05, 3.63) is 83.7 Å². The highest BCUT2D eigenvalue weighted by atomic mass is 19.1. The van der Waals surface area contributed by atoms with Gasteiger partial charge in [-0.05, 0) is 78.3 Å². The number of benzene rings is 3. The lowest BCUT2D eigenvalue weighted by atomic mass is 9.82. The van der Waals surface area contributed by atoms with Crippen molar-refractivity contribution >= 4 is 0 Å². The second-order valence-electron chi connectivity index (χ2n) is 9.18. The van der Waals surface area contributed by atoms with E-state index in [1.165, 1.54) is 30.4 Å². The van der Waals surface area contributed by atoms with E-state index in [9.17, 15) is 0 Å². The molecule has 0 heterocycles. The zero-order chi connectivity index (χ0) is 22.3. The minimum absolute atomic E-state index is 0.164. The molecule has 0 radical (unpaired) electrons. The van der Waals surface area contributed by atoms with Crippen LogP contribution in [0.2, 0.25) is 0 Å². The zero-order valence-electron chi connectivity index (χ0n) is 19.4. The van der Waals surface area contributed by atoms with E-state index in [4.69, 9.17) is 4.74 Å². The van der Waals surface area contributed by atoms with Crippen LogP contribution in [0.3, 0.4) is 0 Å². The van der Waals surface area contributed by atoms with Crippen LogP contribution in [0.1, 0.15) is 68.9 Å². The summed E-state index contributed by atoms with van der Waals surface area (Å²) in [5, 5.41) is 0. The standard InChI is InChI=1S/C30H35FO/c1-3-4-5-6-22-7-9-25(10-8-22)27-17-20-29(30(31)21-27)26-13-11-23(12-14-26)24-15-18-28(32-2)19-16-24/h7-14,17,20-21,24,28H,3-6,15-16,18-19H2,1-2H3. The molecule has 1 aliphatic rings. The Hall–Kier alpha value is -2.45. The van der Waals surface area contributed by atoms with Crippen molar-refractivity contribution < 1.29 is 9.13 Å². The first-order valence-corrected chi connectivity index (χ1v) is 12.2. The van der Waals surface area contributed by atoms with Gasteiger partial charge in [-0.25, -0.2) is 4.39 Å². The molecule has 2 heteroatoms. The molecule has 0 spiro atoms. The van der Waals surface area contributed by atoms with E-state index in [2.05, 4.69) is 55.5 Å². The maximum Gasteiger partial charge on any atom is 0.131 e. The molecule has 1 nitrogen and oxygen atoms in total. The average Bonchev–Trinajstić information content (AvgIpc) is 2.85. The SMILES string of the molecule is CCCCCc1ccc(-c2ccc(-c3ccc(C4CCC(OC)CC4)cc3)c(F)c2)cc1. The van der Waals surface area contributed by atoms with Gasteiger partial charge in [0.05, 0.1) is 6.10 Å². The van der Waals surface area contributed by atoms with Crippen molar-refractivity contribution in [2.75, 3.05) is 7.11 Å². The van der Waals surface area contributed by atoms with E-state index in [0.29, 0.717) is 17.6 Å². The van der Waals surface area contributed by atoms with Gasteiger partial charge in [-0.15, -0.1) is 0 Å². The number of methoxy groups -OCH3 is 1. The van der Waals surface area contributed by atoms with E-state index >= 15 is 4.39 Å². The molecule has 1 fully saturated rings. The lowest BCUT2D eigenvalue weighted by molar-refractivity contribution is 0.0659. The third-order valence-electron chi connectivity index (χ3n) is 7.03. The lowest BCUT2D eigenvalue weighted by Crippen LogP contribution is -2.19. The Labute approximate surface area is 192 Å². The summed E-state index contributed by atoms with van der Waals surface area (Å²) in [6.45, 7) is 2.23. The Bertz CT molecular complexity index is 982. The molecule has 32 heavy (non-hydrogen) atoms. The van der Waals surface area contributed by atoms with Crippen molar-refractivity contribution in [2.45, 2.75) is 70.3 Å². The largest absolute Gasteiger partial charge is 0.381 e. The Balaban J connectivity index is 1.44. The van der Waals surface area contributed by atoms with Crippen LogP contribution in [0, 0.1) is 5.82 Å². The molecule has 0 aromatic heterocycles. The summed E-state index contributed by atoms with van der Waals surface area (Å²) < 4.78 is 20.5. The Morgan fingerprint density at radius 2 is 1.44 bits per heavy atom. The monoisotopic (exact) mass is 430 g/mol. The second kappa shape index (κ2) is 10.9. The minimum Gasteiger partial charge on any atom is -0.381 e. The quantitative estimate of drug-likeness (QED) is 0.325. The van der Waals surface area contributed by atoms with Crippen LogP contribution in [0.5, 0.6) is 0 Å². The highest BCUT2D eigenvalue weighted by Gasteiger charge is 2.22. The molecule has 0 aliphatic heterocycles. The van der Waals surface area contributed by atoms with Crippen LogP contribution in [-0.2, 0) is 11.2 Å². The van der Waals surface area contributed by atoms with Gasteiger partial charge in [-0.1, -0.05) is 80.4 Å². The molecule has 0 saturated heterocycles. The van der Waals surface area contributed by atoms with Gasteiger partial charge in [0.15, 0.2) is 0 Å². The molecule has 0 unspecified atom stereocenters. The molecule has 1 saturated carbocycles. The van der Waals surface area contributed by atoms with Gasteiger partial charge in [0.2, 0.25) is 0 Å². The predicted octanol–water partition coefficient (Wildman–Crippen LogP) is 8.57. The number of ether oxygens (including phenoxy) is 1. The van der Waals surface area contributed by atoms with Crippen LogP contribution in [0.15, 0.2) is 66.7 Å². The third kappa shape index (κ3) is 5.48. The summed E-state index contributed by atoms with van der Waals surface area (Å²) in [6.07, 6.45) is 9.84. The first-order chi connectivity index (χ1) is 15.7. The van der Waals surface area contributed by atoms with Gasteiger partial charge in [0.1, 0.15) is 5.82 Å². The molecule has 168 valence electrons. The summed E-state index contributed by atoms with van der Waals surface area (Å²) in [5.41, 5.74) is 6.32. The third-order valence-corrected chi connectivity index (χ3v) is 7.03. The van der Waals surface area contributed by atoms with Crippen molar-refractivity contribution in [3.8, 4) is 22.3 Å². The molecule has 3 aromatic rings. The molecular formula is C30H35FO. The highest BCUT2D eigenvalue weighted by molar-refractivity contribution is 5.71. The Kier molecular flexibility index (Phi) is 7.76. The van der Waals surface area contributed by atoms with Gasteiger partial charge < -0.3 is 4.74 Å². The number of hydrogen-bond donors (Lipinski definition) is 0. The van der Waals surface area contributed by atoms with Gasteiger partial charge in [-0.2, -0.15) is 0 Å². The normalized spacial score (nSPS) is 18.6. The van der Waals surface area contributed by atoms with Gasteiger partial charge in [0.25, 0.3) is 0 Å². The topological polar surface area (TPSA) is 9.23 Å². The number of hydrogen-bond acceptors (Lipinski definition) is 1. The highest BCUT2D eigenvalue weighted by Crippen LogP contribution is 2.35. The summed E-state index contributed by atoms with van der Waals surface area (Å²) in [7, 11) is 1.81. The van der Waals surface area contributed by atoms with Gasteiger partial charge in [0, 0.05) is 12.7 Å². The van der Waals surface area contributed by atoms with E-state index in [0.717, 1.165) is 48.8 Å². The number of aryl methyl sites for hydroxylation is 1. The molecule has 1 aliphatic carbocycles. The predicted molar refractivity (Wildman–Crippen MR) is 133 cm³/mol. The Morgan fingerprint density at radius 1 is 0.781 bits per heavy atom. The minimum atomic E-state index is -0.164. The van der Waals surface area contributed by atoms with Crippen LogP contribution in [0.4, 0.5) is 4.39 Å². The number of unbranched alkanes of at least 4 members (excludes halogenated alkanes) is 2. The Morgan fingerprint density at radius 3 is 2.06 bits per heavy atom. The van der Waals surface area contributed by atoms with Crippen molar-refractivity contribution in [1.82, 2.24) is 0 Å². The molecule has 3 aromatic carbocycles. The second-order valence-corrected chi connectivity index (χ2v) is 9.18. The number of rotatable bonds is 8. The van der Waals surface area contributed by atoms with Gasteiger partial charge in [-0.3, -0.25) is 0 Å². The first kappa shape index (κ1) is 22.7. The summed E-state index contributed by atoms with van der Waals surface area (Å²) >= 11 is 0. The molecule has 0 amide bonds. The van der Waals surface area contributed by atoms with Crippen LogP contribution >= 0.6 is 0 Å². The summed E-state index contributed by atoms with van der Waals surface area (Å²) in [4.78, 5) is 0. The molecular weight excluding hydrogens is 395 g/mol. The molecule has 0 atom stereocenters. The smallest absolute Gasteiger partial charge is 0.131 e. The summed E-state index contributed by atoms with van der Waals surface area (Å²) in [6, 6.07) is 22.7. The van der Waals surface area contributed by atoms with Gasteiger partial charge >= 0.3 is 0 Å². The fourth-order valence-electron chi connectivity index (χ4n) is 4.94. The molecule has 0 N–H and O–H groups in total. The van der Waals surface area contributed by atoms with E-state index in [1.54, 1.807) is 6.07 Å². The maximum absolute atomic E-state index is 15.0. The fourth-order valence-corrected chi connectivity index (χ4v) is 4.94. The summed E-state index contributed by atoms with van der Waals surface area (Å²) in [5.74, 6) is 0.426. The van der Waals surface area contributed by atoms with Crippen molar-refractivity contribution in [1.29, 1.82) is 0 Å². The van der Waals surface area contributed by atoms with Crippen LogP contribution in [0.25, 0.3) is 22.3 Å². The number of halogens is 1.